The quantitative estimate of drug-likeness (QED) is 0.774. The van der Waals surface area contributed by atoms with Crippen LogP contribution in [0.25, 0.3) is 10.2 Å². The molecular formula is C15H18N6OS. The van der Waals surface area contributed by atoms with E-state index in [4.69, 9.17) is 0 Å². The van der Waals surface area contributed by atoms with E-state index in [9.17, 15) is 4.79 Å². The molecule has 1 amide bonds. The van der Waals surface area contributed by atoms with E-state index < -0.39 is 0 Å². The summed E-state index contributed by atoms with van der Waals surface area (Å²) in [6, 6.07) is 2.06. The maximum Gasteiger partial charge on any atom is 0.261 e. The van der Waals surface area contributed by atoms with Crippen LogP contribution in [0.5, 0.6) is 0 Å². The minimum Gasteiger partial charge on any atom is -0.347 e. The molecule has 4 heterocycles. The van der Waals surface area contributed by atoms with Gasteiger partial charge in [0.05, 0.1) is 10.6 Å². The van der Waals surface area contributed by atoms with Crippen molar-refractivity contribution in [2.24, 2.45) is 7.05 Å². The average Bonchev–Trinajstić information content (AvgIpc) is 3.18. The van der Waals surface area contributed by atoms with Gasteiger partial charge in [-0.1, -0.05) is 0 Å². The summed E-state index contributed by atoms with van der Waals surface area (Å²) in [6.07, 6.45) is 1.75. The van der Waals surface area contributed by atoms with E-state index in [2.05, 4.69) is 25.2 Å². The summed E-state index contributed by atoms with van der Waals surface area (Å²) in [7, 11) is 1.91. The van der Waals surface area contributed by atoms with E-state index in [1.54, 1.807) is 0 Å². The first-order chi connectivity index (χ1) is 11.0. The average molecular weight is 330 g/mol. The van der Waals surface area contributed by atoms with E-state index in [1.165, 1.54) is 11.3 Å². The van der Waals surface area contributed by atoms with E-state index in [0.717, 1.165) is 51.8 Å². The number of thiophene rings is 1. The van der Waals surface area contributed by atoms with Gasteiger partial charge >= 0.3 is 0 Å². The molecule has 0 spiro atoms. The molecule has 4 rings (SSSR count). The van der Waals surface area contributed by atoms with Crippen LogP contribution in [-0.4, -0.2) is 36.5 Å². The minimum atomic E-state index is -0.00947. The van der Waals surface area contributed by atoms with Gasteiger partial charge in [-0.15, -0.1) is 21.5 Å². The highest BCUT2D eigenvalue weighted by molar-refractivity contribution is 7.20. The predicted molar refractivity (Wildman–Crippen MR) is 87.7 cm³/mol. The fourth-order valence-electron chi connectivity index (χ4n) is 3.15. The molecule has 0 fully saturated rings. The maximum absolute atomic E-state index is 12.6. The highest BCUT2D eigenvalue weighted by Crippen LogP contribution is 2.27. The number of rotatable bonds is 2. The molecule has 1 atom stereocenters. The monoisotopic (exact) mass is 330 g/mol. The molecule has 3 aromatic heterocycles. The molecule has 0 aromatic carbocycles. The number of amides is 1. The standard InChI is InChI=1S/C15H18N6OS/c1-8-11-6-12(23-15(11)20(3)19-8)14(22)16-10-4-5-13-18-17-9(2)21(13)7-10/h6,10H,4-5,7H2,1-3H3,(H,16,22)/t10-/m1/s1. The lowest BCUT2D eigenvalue weighted by molar-refractivity contribution is 0.0931. The Kier molecular flexibility index (Phi) is 3.22. The molecule has 0 unspecified atom stereocenters. The number of nitrogens with zero attached hydrogens (tertiary/aromatic N) is 5. The van der Waals surface area contributed by atoms with Gasteiger partial charge in [0.2, 0.25) is 0 Å². The highest BCUT2D eigenvalue weighted by Gasteiger charge is 2.24. The largest absolute Gasteiger partial charge is 0.347 e. The molecule has 23 heavy (non-hydrogen) atoms. The number of aryl methyl sites for hydroxylation is 4. The van der Waals surface area contributed by atoms with E-state index in [-0.39, 0.29) is 11.9 Å². The Balaban J connectivity index is 1.53. The summed E-state index contributed by atoms with van der Waals surface area (Å²) in [5.74, 6) is 1.91. The minimum absolute atomic E-state index is 0.00947. The molecule has 0 bridgehead atoms. The second kappa shape index (κ2) is 5.16. The first kappa shape index (κ1) is 14.4. The van der Waals surface area contributed by atoms with Crippen molar-refractivity contribution in [3.63, 3.8) is 0 Å². The Labute approximate surface area is 137 Å². The van der Waals surface area contributed by atoms with Crippen LogP contribution in [0.3, 0.4) is 0 Å². The van der Waals surface area contributed by atoms with Crippen LogP contribution in [0.1, 0.15) is 33.4 Å². The van der Waals surface area contributed by atoms with Gasteiger partial charge in [0, 0.05) is 31.4 Å². The van der Waals surface area contributed by atoms with Gasteiger partial charge in [-0.05, 0) is 26.3 Å². The molecule has 0 saturated carbocycles. The summed E-state index contributed by atoms with van der Waals surface area (Å²) < 4.78 is 3.92. The second-order valence-electron chi connectivity index (χ2n) is 6.02. The lowest BCUT2D eigenvalue weighted by Gasteiger charge is -2.24. The first-order valence-electron chi connectivity index (χ1n) is 7.65. The van der Waals surface area contributed by atoms with Crippen LogP contribution < -0.4 is 5.32 Å². The summed E-state index contributed by atoms with van der Waals surface area (Å²) in [6.45, 7) is 4.65. The van der Waals surface area contributed by atoms with Gasteiger partial charge in [0.15, 0.2) is 0 Å². The topological polar surface area (TPSA) is 77.6 Å². The Hall–Kier alpha value is -2.22. The van der Waals surface area contributed by atoms with Crippen molar-refractivity contribution in [1.82, 2.24) is 29.9 Å². The van der Waals surface area contributed by atoms with Gasteiger partial charge in [-0.2, -0.15) is 5.10 Å². The lowest BCUT2D eigenvalue weighted by Crippen LogP contribution is -2.41. The SMILES string of the molecule is Cc1nn(C)c2sc(C(=O)N[C@@H]3CCc4nnc(C)n4C3)cc12. The number of aromatic nitrogens is 5. The zero-order valence-electron chi connectivity index (χ0n) is 13.3. The zero-order chi connectivity index (χ0) is 16.1. The van der Waals surface area contributed by atoms with Crippen LogP contribution >= 0.6 is 11.3 Å². The molecule has 8 heteroatoms. The molecule has 1 aliphatic heterocycles. The van der Waals surface area contributed by atoms with Crippen LogP contribution in [0.2, 0.25) is 0 Å². The molecule has 0 saturated heterocycles. The van der Waals surface area contributed by atoms with E-state index >= 15 is 0 Å². The van der Waals surface area contributed by atoms with Gasteiger partial charge in [-0.25, -0.2) is 0 Å². The van der Waals surface area contributed by atoms with Gasteiger partial charge in [-0.3, -0.25) is 9.48 Å². The van der Waals surface area contributed by atoms with Crippen LogP contribution in [0.15, 0.2) is 6.07 Å². The molecular weight excluding hydrogens is 312 g/mol. The first-order valence-corrected chi connectivity index (χ1v) is 8.47. The van der Waals surface area contributed by atoms with Gasteiger partial charge in [0.1, 0.15) is 16.5 Å². The molecule has 7 nitrogen and oxygen atoms in total. The molecule has 0 radical (unpaired) electrons. The van der Waals surface area contributed by atoms with Crippen molar-refractivity contribution in [2.45, 2.75) is 39.3 Å². The summed E-state index contributed by atoms with van der Waals surface area (Å²) >= 11 is 1.49. The number of carbonyl (C=O) groups is 1. The second-order valence-corrected chi connectivity index (χ2v) is 7.05. The predicted octanol–water partition coefficient (Wildman–Crippen LogP) is 1.59. The van der Waals surface area contributed by atoms with E-state index in [1.807, 2.05) is 31.6 Å². The third-order valence-corrected chi connectivity index (χ3v) is 5.59. The summed E-state index contributed by atoms with van der Waals surface area (Å²) in [5.41, 5.74) is 0.959. The van der Waals surface area contributed by atoms with Crippen LogP contribution in [-0.2, 0) is 20.0 Å². The fraction of sp³-hybridized carbons (Fsp3) is 0.467. The molecule has 3 aromatic rings. The number of carbonyl (C=O) groups excluding carboxylic acids is 1. The Morgan fingerprint density at radius 1 is 1.39 bits per heavy atom. The maximum atomic E-state index is 12.6. The van der Waals surface area contributed by atoms with Gasteiger partial charge in [0.25, 0.3) is 5.91 Å². The third kappa shape index (κ3) is 2.33. The molecule has 1 N–H and O–H groups in total. The van der Waals surface area contributed by atoms with Crippen molar-refractivity contribution in [2.75, 3.05) is 0 Å². The Morgan fingerprint density at radius 2 is 2.22 bits per heavy atom. The number of nitrogens with one attached hydrogen (secondary N) is 1. The van der Waals surface area contributed by atoms with Crippen molar-refractivity contribution in [1.29, 1.82) is 0 Å². The van der Waals surface area contributed by atoms with E-state index in [0.29, 0.717) is 0 Å². The van der Waals surface area contributed by atoms with Crippen molar-refractivity contribution < 1.29 is 4.79 Å². The zero-order valence-corrected chi connectivity index (χ0v) is 14.1. The van der Waals surface area contributed by atoms with Crippen LogP contribution in [0, 0.1) is 13.8 Å². The Bertz CT molecular complexity index is 870. The van der Waals surface area contributed by atoms with Crippen molar-refractivity contribution in [3.05, 3.63) is 28.3 Å². The highest BCUT2D eigenvalue weighted by atomic mass is 32.1. The molecule has 1 aliphatic rings. The smallest absolute Gasteiger partial charge is 0.261 e. The number of fused-ring (bicyclic) bond motifs is 2. The fourth-order valence-corrected chi connectivity index (χ4v) is 4.18. The van der Waals surface area contributed by atoms with Gasteiger partial charge < -0.3 is 9.88 Å². The lowest BCUT2D eigenvalue weighted by atomic mass is 10.1. The van der Waals surface area contributed by atoms with Crippen molar-refractivity contribution >= 4 is 27.5 Å². The summed E-state index contributed by atoms with van der Waals surface area (Å²) in [5, 5.41) is 16.8. The summed E-state index contributed by atoms with van der Waals surface area (Å²) in [4.78, 5) is 14.3. The number of hydrogen-bond acceptors (Lipinski definition) is 5. The number of hydrogen-bond donors (Lipinski definition) is 1. The normalized spacial score (nSPS) is 17.4. The van der Waals surface area contributed by atoms with Crippen LogP contribution in [0.4, 0.5) is 0 Å². The molecule has 120 valence electrons. The Morgan fingerprint density at radius 3 is 3.00 bits per heavy atom. The van der Waals surface area contributed by atoms with Crippen molar-refractivity contribution in [3.8, 4) is 0 Å². The third-order valence-electron chi connectivity index (χ3n) is 4.39. The molecule has 0 aliphatic carbocycles.